The largest absolute Gasteiger partial charge is 0.392 e. The maximum absolute atomic E-state index is 13.8. The second kappa shape index (κ2) is 5.51. The molecule has 0 fully saturated rings. The zero-order valence-corrected chi connectivity index (χ0v) is 12.6. The highest BCUT2D eigenvalue weighted by Gasteiger charge is 2.22. The Labute approximate surface area is 120 Å². The van der Waals surface area contributed by atoms with Crippen molar-refractivity contribution in [3.05, 3.63) is 45.4 Å². The third-order valence-corrected chi connectivity index (χ3v) is 5.36. The van der Waals surface area contributed by atoms with E-state index in [1.165, 1.54) is 23.5 Å². The van der Waals surface area contributed by atoms with Crippen molar-refractivity contribution in [2.45, 2.75) is 25.3 Å². The molecule has 0 radical (unpaired) electrons. The van der Waals surface area contributed by atoms with E-state index in [2.05, 4.69) is 4.72 Å². The molecule has 0 bridgehead atoms. The van der Waals surface area contributed by atoms with Crippen molar-refractivity contribution >= 4 is 27.0 Å². The van der Waals surface area contributed by atoms with Gasteiger partial charge in [-0.15, -0.1) is 11.3 Å². The van der Waals surface area contributed by atoms with Crippen molar-refractivity contribution in [2.75, 3.05) is 4.72 Å². The van der Waals surface area contributed by atoms with Crippen LogP contribution in [-0.4, -0.2) is 13.5 Å². The van der Waals surface area contributed by atoms with E-state index in [9.17, 15) is 12.8 Å². The molecule has 0 aliphatic carbocycles. The molecule has 1 heterocycles. The standard InChI is InChI=1S/C13H14FNO3S2/c1-8-6-12(9(2)19-8)20(17,18)15-13-10(7-16)4-3-5-11(13)14/h3-6,15-16H,7H2,1-2H3. The maximum atomic E-state index is 13.8. The Morgan fingerprint density at radius 2 is 2.05 bits per heavy atom. The van der Waals surface area contributed by atoms with Crippen LogP contribution in [0.5, 0.6) is 0 Å². The Kier molecular flexibility index (Phi) is 4.12. The van der Waals surface area contributed by atoms with Gasteiger partial charge in [0.25, 0.3) is 10.0 Å². The van der Waals surface area contributed by atoms with Crippen LogP contribution in [0, 0.1) is 19.7 Å². The molecular formula is C13H14FNO3S2. The number of benzene rings is 1. The molecule has 0 aliphatic rings. The molecule has 0 aliphatic heterocycles. The molecule has 0 saturated carbocycles. The monoisotopic (exact) mass is 315 g/mol. The molecule has 2 N–H and O–H groups in total. The first-order valence-corrected chi connectivity index (χ1v) is 8.13. The average Bonchev–Trinajstić information content (AvgIpc) is 2.72. The fourth-order valence-corrected chi connectivity index (χ4v) is 4.54. The minimum absolute atomic E-state index is 0.132. The highest BCUT2D eigenvalue weighted by molar-refractivity contribution is 7.93. The number of aliphatic hydroxyl groups is 1. The zero-order chi connectivity index (χ0) is 14.9. The molecule has 0 spiro atoms. The van der Waals surface area contributed by atoms with E-state index < -0.39 is 22.4 Å². The number of thiophene rings is 1. The normalized spacial score (nSPS) is 11.6. The van der Waals surface area contributed by atoms with Gasteiger partial charge >= 0.3 is 0 Å². The second-order valence-corrected chi connectivity index (χ2v) is 7.43. The predicted octanol–water partition coefficient (Wildman–Crippen LogP) is 2.80. The van der Waals surface area contributed by atoms with Crippen molar-refractivity contribution in [1.82, 2.24) is 0 Å². The molecule has 20 heavy (non-hydrogen) atoms. The predicted molar refractivity (Wildman–Crippen MR) is 76.9 cm³/mol. The minimum atomic E-state index is -3.87. The van der Waals surface area contributed by atoms with Gasteiger partial charge < -0.3 is 5.11 Å². The lowest BCUT2D eigenvalue weighted by atomic mass is 10.2. The number of aryl methyl sites for hydroxylation is 2. The number of para-hydroxylation sites is 1. The average molecular weight is 315 g/mol. The van der Waals surface area contributed by atoms with Crippen LogP contribution < -0.4 is 4.72 Å². The smallest absolute Gasteiger partial charge is 0.263 e. The van der Waals surface area contributed by atoms with E-state index in [-0.39, 0.29) is 16.1 Å². The molecule has 0 amide bonds. The number of halogens is 1. The van der Waals surface area contributed by atoms with Crippen LogP contribution in [0.3, 0.4) is 0 Å². The second-order valence-electron chi connectivity index (χ2n) is 4.32. The van der Waals surface area contributed by atoms with E-state index in [1.54, 1.807) is 19.9 Å². The summed E-state index contributed by atoms with van der Waals surface area (Å²) in [5, 5.41) is 9.17. The van der Waals surface area contributed by atoms with Gasteiger partial charge in [0.2, 0.25) is 0 Å². The number of rotatable bonds is 4. The number of nitrogens with one attached hydrogen (secondary N) is 1. The van der Waals surface area contributed by atoms with E-state index in [0.29, 0.717) is 4.88 Å². The molecule has 108 valence electrons. The highest BCUT2D eigenvalue weighted by Crippen LogP contribution is 2.28. The molecular weight excluding hydrogens is 301 g/mol. The lowest BCUT2D eigenvalue weighted by Gasteiger charge is -2.12. The Morgan fingerprint density at radius 3 is 2.60 bits per heavy atom. The number of anilines is 1. The SMILES string of the molecule is Cc1cc(S(=O)(=O)Nc2c(F)cccc2CO)c(C)s1. The van der Waals surface area contributed by atoms with Crippen LogP contribution in [-0.2, 0) is 16.6 Å². The van der Waals surface area contributed by atoms with Gasteiger partial charge in [-0.05, 0) is 26.0 Å². The van der Waals surface area contributed by atoms with Crippen LogP contribution in [0.25, 0.3) is 0 Å². The van der Waals surface area contributed by atoms with Gasteiger partial charge in [0.05, 0.1) is 12.3 Å². The molecule has 0 atom stereocenters. The van der Waals surface area contributed by atoms with Gasteiger partial charge in [-0.25, -0.2) is 12.8 Å². The van der Waals surface area contributed by atoms with Crippen LogP contribution in [0.15, 0.2) is 29.2 Å². The van der Waals surface area contributed by atoms with Gasteiger partial charge in [-0.1, -0.05) is 12.1 Å². The lowest BCUT2D eigenvalue weighted by Crippen LogP contribution is -2.15. The van der Waals surface area contributed by atoms with Gasteiger partial charge in [0.1, 0.15) is 10.7 Å². The molecule has 7 heteroatoms. The number of hydrogen-bond donors (Lipinski definition) is 2. The summed E-state index contributed by atoms with van der Waals surface area (Å²) in [5.41, 5.74) is -0.0172. The first-order valence-electron chi connectivity index (χ1n) is 5.83. The number of hydrogen-bond acceptors (Lipinski definition) is 4. The summed E-state index contributed by atoms with van der Waals surface area (Å²) in [6, 6.07) is 5.57. The Bertz CT molecular complexity index is 738. The zero-order valence-electron chi connectivity index (χ0n) is 11.0. The molecule has 0 saturated heterocycles. The number of aliphatic hydroxyl groups excluding tert-OH is 1. The number of sulfonamides is 1. The van der Waals surface area contributed by atoms with Gasteiger partial charge in [0, 0.05) is 15.3 Å². The Balaban J connectivity index is 2.46. The molecule has 4 nitrogen and oxygen atoms in total. The Morgan fingerprint density at radius 1 is 1.35 bits per heavy atom. The quantitative estimate of drug-likeness (QED) is 0.912. The summed E-state index contributed by atoms with van der Waals surface area (Å²) < 4.78 is 40.6. The van der Waals surface area contributed by atoms with E-state index in [0.717, 1.165) is 10.9 Å². The summed E-state index contributed by atoms with van der Waals surface area (Å²) in [5.74, 6) is -0.718. The van der Waals surface area contributed by atoms with Crippen LogP contribution in [0.2, 0.25) is 0 Å². The minimum Gasteiger partial charge on any atom is -0.392 e. The van der Waals surface area contributed by atoms with Crippen molar-refractivity contribution < 1.29 is 17.9 Å². The third kappa shape index (κ3) is 2.84. The highest BCUT2D eigenvalue weighted by atomic mass is 32.2. The third-order valence-electron chi connectivity index (χ3n) is 2.79. The molecule has 2 rings (SSSR count). The first kappa shape index (κ1) is 15.0. The summed E-state index contributed by atoms with van der Waals surface area (Å²) in [4.78, 5) is 1.63. The van der Waals surface area contributed by atoms with Gasteiger partial charge in [0.15, 0.2) is 0 Å². The fraction of sp³-hybridized carbons (Fsp3) is 0.231. The lowest BCUT2D eigenvalue weighted by molar-refractivity contribution is 0.282. The van der Waals surface area contributed by atoms with Crippen LogP contribution in [0.1, 0.15) is 15.3 Å². The van der Waals surface area contributed by atoms with Crippen molar-refractivity contribution in [2.24, 2.45) is 0 Å². The van der Waals surface area contributed by atoms with Gasteiger partial charge in [-0.2, -0.15) is 0 Å². The van der Waals surface area contributed by atoms with Crippen molar-refractivity contribution in [3.63, 3.8) is 0 Å². The van der Waals surface area contributed by atoms with E-state index in [4.69, 9.17) is 5.11 Å². The molecule has 1 aromatic heterocycles. The first-order chi connectivity index (χ1) is 9.35. The summed E-state index contributed by atoms with van der Waals surface area (Å²) in [6.07, 6.45) is 0. The summed E-state index contributed by atoms with van der Waals surface area (Å²) in [6.45, 7) is 3.05. The maximum Gasteiger partial charge on any atom is 0.263 e. The topological polar surface area (TPSA) is 66.4 Å². The van der Waals surface area contributed by atoms with Crippen LogP contribution >= 0.6 is 11.3 Å². The summed E-state index contributed by atoms with van der Waals surface area (Å²) in [7, 11) is -3.87. The van der Waals surface area contributed by atoms with E-state index >= 15 is 0 Å². The molecule has 2 aromatic rings. The van der Waals surface area contributed by atoms with Crippen LogP contribution in [0.4, 0.5) is 10.1 Å². The summed E-state index contributed by atoms with van der Waals surface area (Å²) >= 11 is 1.36. The van der Waals surface area contributed by atoms with Gasteiger partial charge in [-0.3, -0.25) is 4.72 Å². The fourth-order valence-electron chi connectivity index (χ4n) is 1.88. The van der Waals surface area contributed by atoms with Crippen molar-refractivity contribution in [3.8, 4) is 0 Å². The molecule has 0 unspecified atom stereocenters. The Hall–Kier alpha value is -1.44. The van der Waals surface area contributed by atoms with Crippen molar-refractivity contribution in [1.29, 1.82) is 0 Å². The molecule has 1 aromatic carbocycles. The van der Waals surface area contributed by atoms with E-state index in [1.807, 2.05) is 0 Å².